The molecule has 0 radical (unpaired) electrons. The van der Waals surface area contributed by atoms with Gasteiger partial charge in [-0.05, 0) is 5.56 Å². The standard InChI is InChI=1S/C13H17N3O/c17-13-14-8-12-10-15(6-7-16(12)13)9-11-4-2-1-3-5-11/h1-5,12H,6-10H2,(H,14,17). The Labute approximate surface area is 101 Å². The summed E-state index contributed by atoms with van der Waals surface area (Å²) in [7, 11) is 0. The highest BCUT2D eigenvalue weighted by molar-refractivity contribution is 5.77. The first-order chi connectivity index (χ1) is 8.33. The summed E-state index contributed by atoms with van der Waals surface area (Å²) in [6.45, 7) is 4.58. The average Bonchev–Trinajstić information content (AvgIpc) is 2.72. The second-order valence-corrected chi connectivity index (χ2v) is 4.75. The monoisotopic (exact) mass is 231 g/mol. The molecule has 3 rings (SSSR count). The van der Waals surface area contributed by atoms with Gasteiger partial charge in [0.25, 0.3) is 0 Å². The van der Waals surface area contributed by atoms with Gasteiger partial charge in [0.1, 0.15) is 0 Å². The van der Waals surface area contributed by atoms with Crippen molar-refractivity contribution in [2.75, 3.05) is 26.2 Å². The number of nitrogens with one attached hydrogen (secondary N) is 1. The van der Waals surface area contributed by atoms with E-state index in [-0.39, 0.29) is 6.03 Å². The topological polar surface area (TPSA) is 35.6 Å². The zero-order valence-electron chi connectivity index (χ0n) is 9.80. The number of piperazine rings is 1. The third kappa shape index (κ3) is 2.13. The van der Waals surface area contributed by atoms with Gasteiger partial charge in [-0.25, -0.2) is 4.79 Å². The molecule has 0 spiro atoms. The summed E-state index contributed by atoms with van der Waals surface area (Å²) in [6, 6.07) is 11.0. The molecule has 0 saturated carbocycles. The van der Waals surface area contributed by atoms with Crippen molar-refractivity contribution in [2.24, 2.45) is 0 Å². The molecule has 90 valence electrons. The number of rotatable bonds is 2. The molecule has 0 aromatic heterocycles. The molecule has 2 aliphatic heterocycles. The molecule has 4 heteroatoms. The third-order valence-corrected chi connectivity index (χ3v) is 3.57. The molecule has 0 aliphatic carbocycles. The van der Waals surface area contributed by atoms with Crippen molar-refractivity contribution in [1.82, 2.24) is 15.1 Å². The molecule has 0 bridgehead atoms. The number of carbonyl (C=O) groups is 1. The Hall–Kier alpha value is -1.55. The average molecular weight is 231 g/mol. The Bertz CT molecular complexity index is 406. The van der Waals surface area contributed by atoms with Crippen LogP contribution in [0.4, 0.5) is 4.79 Å². The normalized spacial score (nSPS) is 24.6. The highest BCUT2D eigenvalue weighted by atomic mass is 16.2. The molecule has 1 unspecified atom stereocenters. The van der Waals surface area contributed by atoms with Gasteiger partial charge >= 0.3 is 6.03 Å². The number of urea groups is 1. The summed E-state index contributed by atoms with van der Waals surface area (Å²) in [5.41, 5.74) is 1.35. The second-order valence-electron chi connectivity index (χ2n) is 4.75. The Morgan fingerprint density at radius 3 is 2.88 bits per heavy atom. The van der Waals surface area contributed by atoms with Crippen molar-refractivity contribution >= 4 is 6.03 Å². The first kappa shape index (κ1) is 10.6. The van der Waals surface area contributed by atoms with E-state index < -0.39 is 0 Å². The zero-order chi connectivity index (χ0) is 11.7. The maximum absolute atomic E-state index is 11.5. The van der Waals surface area contributed by atoms with E-state index in [1.54, 1.807) is 0 Å². The Balaban J connectivity index is 1.62. The fraction of sp³-hybridized carbons (Fsp3) is 0.462. The van der Waals surface area contributed by atoms with Gasteiger partial charge in [0.15, 0.2) is 0 Å². The molecule has 2 aliphatic rings. The van der Waals surface area contributed by atoms with E-state index in [2.05, 4.69) is 34.5 Å². The lowest BCUT2D eigenvalue weighted by molar-refractivity contribution is 0.116. The molecule has 17 heavy (non-hydrogen) atoms. The van der Waals surface area contributed by atoms with Crippen molar-refractivity contribution in [1.29, 1.82) is 0 Å². The van der Waals surface area contributed by atoms with Crippen LogP contribution in [0, 0.1) is 0 Å². The molecule has 2 amide bonds. The van der Waals surface area contributed by atoms with Crippen LogP contribution in [0.15, 0.2) is 30.3 Å². The van der Waals surface area contributed by atoms with Gasteiger partial charge in [-0.1, -0.05) is 30.3 Å². The van der Waals surface area contributed by atoms with Gasteiger partial charge in [-0.3, -0.25) is 4.90 Å². The molecule has 2 saturated heterocycles. The SMILES string of the molecule is O=C1NCC2CN(Cc3ccccc3)CCN12. The van der Waals surface area contributed by atoms with Crippen LogP contribution >= 0.6 is 0 Å². The van der Waals surface area contributed by atoms with Crippen LogP contribution in [0.1, 0.15) is 5.56 Å². The summed E-state index contributed by atoms with van der Waals surface area (Å²) in [5.74, 6) is 0. The van der Waals surface area contributed by atoms with Crippen LogP contribution in [-0.2, 0) is 6.54 Å². The van der Waals surface area contributed by atoms with Gasteiger partial charge in [-0.2, -0.15) is 0 Å². The van der Waals surface area contributed by atoms with Gasteiger partial charge in [-0.15, -0.1) is 0 Å². The molecule has 2 heterocycles. The van der Waals surface area contributed by atoms with Crippen molar-refractivity contribution in [2.45, 2.75) is 12.6 Å². The molecule has 2 fully saturated rings. The van der Waals surface area contributed by atoms with Gasteiger partial charge < -0.3 is 10.2 Å². The van der Waals surface area contributed by atoms with E-state index in [0.29, 0.717) is 6.04 Å². The predicted octanol–water partition coefficient (Wildman–Crippen LogP) is 0.896. The van der Waals surface area contributed by atoms with E-state index in [1.165, 1.54) is 5.56 Å². The lowest BCUT2D eigenvalue weighted by atomic mass is 10.1. The minimum atomic E-state index is 0.106. The van der Waals surface area contributed by atoms with E-state index in [0.717, 1.165) is 32.7 Å². The number of benzene rings is 1. The number of nitrogens with zero attached hydrogens (tertiary/aromatic N) is 2. The van der Waals surface area contributed by atoms with Crippen LogP contribution in [-0.4, -0.2) is 48.1 Å². The maximum atomic E-state index is 11.5. The van der Waals surface area contributed by atoms with Crippen molar-refractivity contribution in [3.8, 4) is 0 Å². The number of hydrogen-bond donors (Lipinski definition) is 1. The molecule has 1 atom stereocenters. The Morgan fingerprint density at radius 1 is 1.24 bits per heavy atom. The summed E-state index contributed by atoms with van der Waals surface area (Å²) >= 11 is 0. The second kappa shape index (κ2) is 4.37. The Morgan fingerprint density at radius 2 is 2.06 bits per heavy atom. The fourth-order valence-electron chi connectivity index (χ4n) is 2.65. The van der Waals surface area contributed by atoms with E-state index in [1.807, 2.05) is 11.0 Å². The highest BCUT2D eigenvalue weighted by Gasteiger charge is 2.35. The summed E-state index contributed by atoms with van der Waals surface area (Å²) in [4.78, 5) is 15.9. The molecule has 1 N–H and O–H groups in total. The molecule has 4 nitrogen and oxygen atoms in total. The summed E-state index contributed by atoms with van der Waals surface area (Å²) < 4.78 is 0. The van der Waals surface area contributed by atoms with Crippen molar-refractivity contribution in [3.63, 3.8) is 0 Å². The lowest BCUT2D eigenvalue weighted by Crippen LogP contribution is -2.51. The number of fused-ring (bicyclic) bond motifs is 1. The van der Waals surface area contributed by atoms with Gasteiger partial charge in [0, 0.05) is 32.7 Å². The van der Waals surface area contributed by atoms with E-state index in [4.69, 9.17) is 0 Å². The van der Waals surface area contributed by atoms with E-state index >= 15 is 0 Å². The lowest BCUT2D eigenvalue weighted by Gasteiger charge is -2.36. The quantitative estimate of drug-likeness (QED) is 0.820. The van der Waals surface area contributed by atoms with Crippen molar-refractivity contribution in [3.05, 3.63) is 35.9 Å². The zero-order valence-corrected chi connectivity index (χ0v) is 9.80. The Kier molecular flexibility index (Phi) is 2.73. The maximum Gasteiger partial charge on any atom is 0.317 e. The number of carbonyl (C=O) groups excluding carboxylic acids is 1. The first-order valence-electron chi connectivity index (χ1n) is 6.14. The van der Waals surface area contributed by atoms with Crippen LogP contribution < -0.4 is 5.32 Å². The molecular formula is C13H17N3O. The predicted molar refractivity (Wildman–Crippen MR) is 65.6 cm³/mol. The van der Waals surface area contributed by atoms with Crippen LogP contribution in [0.5, 0.6) is 0 Å². The minimum Gasteiger partial charge on any atom is -0.336 e. The summed E-state index contributed by atoms with van der Waals surface area (Å²) in [6.07, 6.45) is 0. The third-order valence-electron chi connectivity index (χ3n) is 3.57. The highest BCUT2D eigenvalue weighted by Crippen LogP contribution is 2.16. The largest absolute Gasteiger partial charge is 0.336 e. The van der Waals surface area contributed by atoms with Crippen LogP contribution in [0.3, 0.4) is 0 Å². The molecular weight excluding hydrogens is 214 g/mol. The van der Waals surface area contributed by atoms with Crippen LogP contribution in [0.25, 0.3) is 0 Å². The van der Waals surface area contributed by atoms with Gasteiger partial charge in [0.2, 0.25) is 0 Å². The first-order valence-corrected chi connectivity index (χ1v) is 6.14. The summed E-state index contributed by atoms with van der Waals surface area (Å²) in [5, 5.41) is 2.91. The minimum absolute atomic E-state index is 0.106. The molecule has 1 aromatic rings. The fourth-order valence-corrected chi connectivity index (χ4v) is 2.65. The number of hydrogen-bond acceptors (Lipinski definition) is 2. The molecule has 1 aromatic carbocycles. The van der Waals surface area contributed by atoms with Crippen LogP contribution in [0.2, 0.25) is 0 Å². The van der Waals surface area contributed by atoms with E-state index in [9.17, 15) is 4.79 Å². The van der Waals surface area contributed by atoms with Crippen molar-refractivity contribution < 1.29 is 4.79 Å². The smallest absolute Gasteiger partial charge is 0.317 e. The van der Waals surface area contributed by atoms with Gasteiger partial charge in [0.05, 0.1) is 6.04 Å². The number of amides is 2.